The smallest absolute Gasteiger partial charge is 0.333 e. The van der Waals surface area contributed by atoms with Gasteiger partial charge in [-0.25, -0.2) is 4.68 Å². The van der Waals surface area contributed by atoms with Crippen molar-refractivity contribution >= 4 is 11.5 Å². The third kappa shape index (κ3) is 2.05. The quantitative estimate of drug-likeness (QED) is 0.615. The molecule has 2 N–H and O–H groups in total. The lowest BCUT2D eigenvalue weighted by atomic mass is 10.2. The van der Waals surface area contributed by atoms with Gasteiger partial charge in [0.05, 0.1) is 17.1 Å². The highest BCUT2D eigenvalue weighted by molar-refractivity contribution is 5.61. The fourth-order valence-electron chi connectivity index (χ4n) is 1.97. The lowest BCUT2D eigenvalue weighted by Gasteiger charge is -2.17. The number of nitro groups is 1. The van der Waals surface area contributed by atoms with Crippen LogP contribution in [0.15, 0.2) is 0 Å². The van der Waals surface area contributed by atoms with Crippen molar-refractivity contribution < 1.29 is 10.0 Å². The Bertz CT molecular complexity index is 477. The number of nitrogens with one attached hydrogen (secondary N) is 1. The molecule has 1 aromatic rings. The summed E-state index contributed by atoms with van der Waals surface area (Å²) in [6.45, 7) is 5.44. The number of aromatic nitrogens is 2. The summed E-state index contributed by atoms with van der Waals surface area (Å²) in [6, 6.07) is 0.0226. The summed E-state index contributed by atoms with van der Waals surface area (Å²) >= 11 is 0. The second-order valence-electron chi connectivity index (χ2n) is 5.14. The van der Waals surface area contributed by atoms with E-state index in [2.05, 4.69) is 10.4 Å². The van der Waals surface area contributed by atoms with Gasteiger partial charge in [-0.15, -0.1) is 0 Å². The van der Waals surface area contributed by atoms with Crippen molar-refractivity contribution in [3.05, 3.63) is 15.8 Å². The first kappa shape index (κ1) is 12.8. The lowest BCUT2D eigenvalue weighted by Crippen LogP contribution is -2.28. The standard InChI is InChI=1S/C11H18N4O3/c1-7(2)14-10(12-11(6-16)4-5-11)9(15(17)18)8(3)13-14/h7,12,16H,4-6H2,1-3H3. The molecule has 0 bridgehead atoms. The highest BCUT2D eigenvalue weighted by Gasteiger charge is 2.45. The van der Waals surface area contributed by atoms with Crippen LogP contribution in [0.2, 0.25) is 0 Å². The van der Waals surface area contributed by atoms with Crippen LogP contribution in [-0.2, 0) is 0 Å². The molecule has 0 spiro atoms. The van der Waals surface area contributed by atoms with Crippen molar-refractivity contribution in [1.82, 2.24) is 9.78 Å². The van der Waals surface area contributed by atoms with Crippen molar-refractivity contribution in [1.29, 1.82) is 0 Å². The first-order valence-corrected chi connectivity index (χ1v) is 6.03. The highest BCUT2D eigenvalue weighted by Crippen LogP contribution is 2.42. The van der Waals surface area contributed by atoms with Crippen LogP contribution in [-0.4, -0.2) is 32.0 Å². The van der Waals surface area contributed by atoms with Crippen molar-refractivity contribution in [3.8, 4) is 0 Å². The van der Waals surface area contributed by atoms with Crippen molar-refractivity contribution in [2.45, 2.75) is 45.2 Å². The van der Waals surface area contributed by atoms with Crippen molar-refractivity contribution in [2.75, 3.05) is 11.9 Å². The van der Waals surface area contributed by atoms with Gasteiger partial charge in [0, 0.05) is 6.04 Å². The van der Waals surface area contributed by atoms with Crippen LogP contribution in [0.25, 0.3) is 0 Å². The fraction of sp³-hybridized carbons (Fsp3) is 0.727. The van der Waals surface area contributed by atoms with Gasteiger partial charge in [-0.2, -0.15) is 5.10 Å². The number of hydrogen-bond acceptors (Lipinski definition) is 5. The van der Waals surface area contributed by atoms with Crippen LogP contribution in [0.3, 0.4) is 0 Å². The second-order valence-corrected chi connectivity index (χ2v) is 5.14. The van der Waals surface area contributed by atoms with Gasteiger partial charge in [0.25, 0.3) is 0 Å². The normalized spacial score (nSPS) is 16.9. The molecule has 18 heavy (non-hydrogen) atoms. The van der Waals surface area contributed by atoms with E-state index in [0.29, 0.717) is 11.5 Å². The van der Waals surface area contributed by atoms with Crippen LogP contribution in [0.5, 0.6) is 0 Å². The van der Waals surface area contributed by atoms with Gasteiger partial charge in [-0.3, -0.25) is 10.1 Å². The lowest BCUT2D eigenvalue weighted by molar-refractivity contribution is -0.384. The summed E-state index contributed by atoms with van der Waals surface area (Å²) in [6.07, 6.45) is 1.64. The molecule has 0 radical (unpaired) electrons. The highest BCUT2D eigenvalue weighted by atomic mass is 16.6. The molecule has 0 unspecified atom stereocenters. The summed E-state index contributed by atoms with van der Waals surface area (Å²) in [7, 11) is 0. The Labute approximate surface area is 105 Å². The predicted octanol–water partition coefficient (Wildman–Crippen LogP) is 1.62. The van der Waals surface area contributed by atoms with E-state index in [9.17, 15) is 15.2 Å². The minimum Gasteiger partial charge on any atom is -0.394 e. The zero-order valence-corrected chi connectivity index (χ0v) is 10.8. The Morgan fingerprint density at radius 1 is 1.61 bits per heavy atom. The number of rotatable bonds is 5. The largest absolute Gasteiger partial charge is 0.394 e. The monoisotopic (exact) mass is 254 g/mol. The second kappa shape index (κ2) is 4.24. The fourth-order valence-corrected chi connectivity index (χ4v) is 1.97. The summed E-state index contributed by atoms with van der Waals surface area (Å²) in [5.41, 5.74) is -0.00230. The van der Waals surface area contributed by atoms with Gasteiger partial charge in [-0.05, 0) is 33.6 Å². The van der Waals surface area contributed by atoms with Crippen molar-refractivity contribution in [3.63, 3.8) is 0 Å². The molecule has 0 atom stereocenters. The Balaban J connectivity index is 2.44. The Morgan fingerprint density at radius 2 is 2.22 bits per heavy atom. The number of hydrogen-bond donors (Lipinski definition) is 2. The third-order valence-electron chi connectivity index (χ3n) is 3.27. The zero-order chi connectivity index (χ0) is 13.5. The molecule has 2 rings (SSSR count). The average Bonchev–Trinajstić information content (AvgIpc) is 2.97. The van der Waals surface area contributed by atoms with Crippen LogP contribution in [0.1, 0.15) is 38.4 Å². The topological polar surface area (TPSA) is 93.2 Å². The molecule has 0 aliphatic heterocycles. The van der Waals surface area contributed by atoms with Crippen molar-refractivity contribution in [2.24, 2.45) is 0 Å². The Hall–Kier alpha value is -1.63. The van der Waals surface area contributed by atoms with E-state index in [0.717, 1.165) is 12.8 Å². The Morgan fingerprint density at radius 3 is 2.61 bits per heavy atom. The number of nitrogens with zero attached hydrogens (tertiary/aromatic N) is 3. The van der Waals surface area contributed by atoms with Gasteiger partial charge < -0.3 is 10.4 Å². The molecule has 1 saturated carbocycles. The molecular formula is C11H18N4O3. The molecule has 100 valence electrons. The molecule has 7 heteroatoms. The van der Waals surface area contributed by atoms with Crippen LogP contribution < -0.4 is 5.32 Å². The molecule has 1 fully saturated rings. The number of aryl methyl sites for hydroxylation is 1. The average molecular weight is 254 g/mol. The van der Waals surface area contributed by atoms with E-state index in [1.807, 2.05) is 13.8 Å². The van der Waals surface area contributed by atoms with Crippen LogP contribution >= 0.6 is 0 Å². The van der Waals surface area contributed by atoms with Crippen LogP contribution in [0.4, 0.5) is 11.5 Å². The van der Waals surface area contributed by atoms with Gasteiger partial charge in [0.1, 0.15) is 5.69 Å². The van der Waals surface area contributed by atoms with Gasteiger partial charge in [-0.1, -0.05) is 0 Å². The maximum absolute atomic E-state index is 11.1. The predicted molar refractivity (Wildman–Crippen MR) is 66.7 cm³/mol. The van der Waals surface area contributed by atoms with E-state index in [1.165, 1.54) is 0 Å². The third-order valence-corrected chi connectivity index (χ3v) is 3.27. The molecule has 0 aromatic carbocycles. The minimum atomic E-state index is -0.420. The van der Waals surface area contributed by atoms with Gasteiger partial charge in [0.15, 0.2) is 0 Å². The SMILES string of the molecule is Cc1nn(C(C)C)c(NC2(CO)CC2)c1[N+](=O)[O-]. The van der Waals surface area contributed by atoms with E-state index >= 15 is 0 Å². The van der Waals surface area contributed by atoms with E-state index in [4.69, 9.17) is 0 Å². The molecule has 1 aliphatic rings. The van der Waals surface area contributed by atoms with Gasteiger partial charge in [0.2, 0.25) is 5.82 Å². The Kier molecular flexibility index (Phi) is 3.02. The molecule has 7 nitrogen and oxygen atoms in total. The maximum atomic E-state index is 11.1. The number of aliphatic hydroxyl groups excluding tert-OH is 1. The number of anilines is 1. The van der Waals surface area contributed by atoms with E-state index < -0.39 is 10.5 Å². The summed E-state index contributed by atoms with van der Waals surface area (Å²) in [5, 5.41) is 27.8. The van der Waals surface area contributed by atoms with Gasteiger partial charge >= 0.3 is 5.69 Å². The van der Waals surface area contributed by atoms with E-state index in [1.54, 1.807) is 11.6 Å². The molecule has 1 aliphatic carbocycles. The van der Waals surface area contributed by atoms with E-state index in [-0.39, 0.29) is 18.3 Å². The molecule has 0 amide bonds. The molecule has 1 heterocycles. The summed E-state index contributed by atoms with van der Waals surface area (Å²) in [4.78, 5) is 10.7. The minimum absolute atomic E-state index is 0.00317. The zero-order valence-electron chi connectivity index (χ0n) is 10.8. The molecule has 1 aromatic heterocycles. The first-order chi connectivity index (χ1) is 8.40. The molecule has 0 saturated heterocycles. The van der Waals surface area contributed by atoms with Crippen LogP contribution in [0, 0.1) is 17.0 Å². The molecular weight excluding hydrogens is 236 g/mol. The first-order valence-electron chi connectivity index (χ1n) is 6.03. The summed E-state index contributed by atoms with van der Waals surface area (Å²) in [5.74, 6) is 0.402. The number of aliphatic hydroxyl groups is 1. The summed E-state index contributed by atoms with van der Waals surface area (Å²) < 4.78 is 1.61. The maximum Gasteiger partial charge on any atom is 0.333 e.